The molecule has 1 aromatic carbocycles. The van der Waals surface area contributed by atoms with Crippen LogP contribution in [0.3, 0.4) is 0 Å². The highest BCUT2D eigenvalue weighted by Gasteiger charge is 2.40. The fourth-order valence-corrected chi connectivity index (χ4v) is 6.23. The predicted molar refractivity (Wildman–Crippen MR) is 132 cm³/mol. The molecule has 2 aromatic rings. The Hall–Kier alpha value is -1.88. The molecule has 1 aromatic heterocycles. The van der Waals surface area contributed by atoms with E-state index in [1.807, 2.05) is 19.9 Å². The first kappa shape index (κ1) is 22.9. The summed E-state index contributed by atoms with van der Waals surface area (Å²) in [6, 6.07) is 7.00. The molecule has 33 heavy (non-hydrogen) atoms. The van der Waals surface area contributed by atoms with Gasteiger partial charge in [0, 0.05) is 34.6 Å². The molecule has 3 aliphatic carbocycles. The van der Waals surface area contributed by atoms with Gasteiger partial charge >= 0.3 is 6.09 Å². The summed E-state index contributed by atoms with van der Waals surface area (Å²) in [5, 5.41) is 5.15. The number of hydrogen-bond acceptors (Lipinski definition) is 3. The molecular weight excluding hydrogens is 436 g/mol. The second-order valence-corrected chi connectivity index (χ2v) is 11.0. The summed E-state index contributed by atoms with van der Waals surface area (Å²) in [5.74, 6) is 1.47. The minimum Gasteiger partial charge on any atom is -0.494 e. The molecule has 1 amide bonds. The van der Waals surface area contributed by atoms with Crippen molar-refractivity contribution >= 4 is 28.6 Å². The van der Waals surface area contributed by atoms with Gasteiger partial charge in [0.1, 0.15) is 11.9 Å². The molecule has 5 rings (SSSR count). The molecule has 1 N–H and O–H groups in total. The van der Waals surface area contributed by atoms with Crippen molar-refractivity contribution in [2.45, 2.75) is 102 Å². The molecule has 3 aliphatic rings. The third-order valence-corrected chi connectivity index (χ3v) is 8.61. The number of hydrogen-bond donors (Lipinski definition) is 1. The van der Waals surface area contributed by atoms with E-state index < -0.39 is 0 Å². The van der Waals surface area contributed by atoms with Crippen molar-refractivity contribution in [1.82, 2.24) is 9.88 Å². The van der Waals surface area contributed by atoms with Gasteiger partial charge in [-0.25, -0.2) is 4.79 Å². The summed E-state index contributed by atoms with van der Waals surface area (Å²) in [6.07, 6.45) is 9.69. The minimum absolute atomic E-state index is 0.0130. The molecule has 180 valence electrons. The number of halogens is 1. The molecule has 3 fully saturated rings. The lowest BCUT2D eigenvalue weighted by Crippen LogP contribution is -2.43. The second kappa shape index (κ2) is 9.05. The SMILES string of the molecule is CCOc1ccc2c(Cl)c(C3(C)CCC(NC(=O)OC(C)C4CC4)CC3)n(C3CCC3)c2c1. The van der Waals surface area contributed by atoms with Crippen LogP contribution in [0.1, 0.15) is 90.3 Å². The van der Waals surface area contributed by atoms with Gasteiger partial charge in [0.15, 0.2) is 0 Å². The fraction of sp³-hybridized carbons (Fsp3) is 0.667. The molecule has 5 nitrogen and oxygen atoms in total. The highest BCUT2D eigenvalue weighted by atomic mass is 35.5. The van der Waals surface area contributed by atoms with Crippen molar-refractivity contribution in [2.75, 3.05) is 6.61 Å². The van der Waals surface area contributed by atoms with Crippen LogP contribution in [-0.2, 0) is 10.2 Å². The van der Waals surface area contributed by atoms with Crippen LogP contribution < -0.4 is 10.1 Å². The summed E-state index contributed by atoms with van der Waals surface area (Å²) in [5.41, 5.74) is 2.46. The topological polar surface area (TPSA) is 52.5 Å². The largest absolute Gasteiger partial charge is 0.494 e. The van der Waals surface area contributed by atoms with Crippen molar-refractivity contribution in [2.24, 2.45) is 5.92 Å². The van der Waals surface area contributed by atoms with Crippen LogP contribution in [0.15, 0.2) is 18.2 Å². The lowest BCUT2D eigenvalue weighted by Gasteiger charge is -2.41. The Morgan fingerprint density at radius 3 is 2.55 bits per heavy atom. The first-order chi connectivity index (χ1) is 15.9. The van der Waals surface area contributed by atoms with Gasteiger partial charge in [-0.05, 0) is 89.7 Å². The van der Waals surface area contributed by atoms with E-state index in [9.17, 15) is 4.79 Å². The van der Waals surface area contributed by atoms with Crippen LogP contribution in [0.2, 0.25) is 5.02 Å². The Morgan fingerprint density at radius 2 is 1.94 bits per heavy atom. The summed E-state index contributed by atoms with van der Waals surface area (Å²) in [4.78, 5) is 12.4. The molecule has 1 heterocycles. The van der Waals surface area contributed by atoms with Crippen molar-refractivity contribution in [1.29, 1.82) is 0 Å². The lowest BCUT2D eigenvalue weighted by atomic mass is 9.71. The summed E-state index contributed by atoms with van der Waals surface area (Å²) in [6.45, 7) is 7.04. The zero-order valence-electron chi connectivity index (χ0n) is 20.2. The third kappa shape index (κ3) is 4.45. The number of nitrogens with one attached hydrogen (secondary N) is 1. The Bertz CT molecular complexity index is 1020. The number of benzene rings is 1. The highest BCUT2D eigenvalue weighted by molar-refractivity contribution is 6.36. The fourth-order valence-electron chi connectivity index (χ4n) is 5.75. The number of alkyl carbamates (subject to hydrolysis) is 1. The van der Waals surface area contributed by atoms with E-state index in [0.29, 0.717) is 18.6 Å². The molecular formula is C27H37ClN2O3. The molecule has 0 bridgehead atoms. The summed E-state index contributed by atoms with van der Waals surface area (Å²) in [7, 11) is 0. The van der Waals surface area contributed by atoms with E-state index in [1.54, 1.807) is 0 Å². The van der Waals surface area contributed by atoms with Gasteiger partial charge < -0.3 is 19.4 Å². The number of nitrogens with zero attached hydrogens (tertiary/aromatic N) is 1. The standard InChI is InChI=1S/C27H37ClN2O3/c1-4-32-21-10-11-22-23(16-21)30(20-6-5-7-20)25(24(22)28)27(3)14-12-19(13-15-27)29-26(31)33-17(2)18-8-9-18/h10-11,16-20H,4-9,12-15H2,1-3H3,(H,29,31). The molecule has 0 aliphatic heterocycles. The van der Waals surface area contributed by atoms with E-state index in [2.05, 4.69) is 28.9 Å². The van der Waals surface area contributed by atoms with Gasteiger partial charge in [-0.1, -0.05) is 18.5 Å². The van der Waals surface area contributed by atoms with Crippen LogP contribution in [0.4, 0.5) is 4.79 Å². The monoisotopic (exact) mass is 472 g/mol. The quantitative estimate of drug-likeness (QED) is 0.465. The normalized spacial score (nSPS) is 26.6. The number of rotatable bonds is 7. The van der Waals surface area contributed by atoms with Gasteiger partial charge in [0.05, 0.1) is 17.1 Å². The second-order valence-electron chi connectivity index (χ2n) is 10.7. The Kier molecular flexibility index (Phi) is 6.28. The van der Waals surface area contributed by atoms with Gasteiger partial charge in [0.2, 0.25) is 0 Å². The lowest BCUT2D eigenvalue weighted by molar-refractivity contribution is 0.0890. The zero-order valence-corrected chi connectivity index (χ0v) is 20.9. The van der Waals surface area contributed by atoms with Crippen molar-refractivity contribution in [3.05, 3.63) is 28.9 Å². The summed E-state index contributed by atoms with van der Waals surface area (Å²) >= 11 is 7.10. The van der Waals surface area contributed by atoms with E-state index >= 15 is 0 Å². The van der Waals surface area contributed by atoms with Crippen molar-refractivity contribution in [3.63, 3.8) is 0 Å². The average Bonchev–Trinajstić information content (AvgIpc) is 3.55. The molecule has 6 heteroatoms. The highest BCUT2D eigenvalue weighted by Crippen LogP contribution is 2.49. The number of aromatic nitrogens is 1. The first-order valence-electron chi connectivity index (χ1n) is 12.8. The number of amides is 1. The van der Waals surface area contributed by atoms with Gasteiger partial charge in [0.25, 0.3) is 0 Å². The molecule has 1 unspecified atom stereocenters. The Morgan fingerprint density at radius 1 is 1.21 bits per heavy atom. The maximum atomic E-state index is 12.4. The van der Waals surface area contributed by atoms with Crippen LogP contribution in [0, 0.1) is 5.92 Å². The van der Waals surface area contributed by atoms with E-state index in [-0.39, 0.29) is 23.7 Å². The summed E-state index contributed by atoms with van der Waals surface area (Å²) < 4.78 is 13.9. The molecule has 0 spiro atoms. The Balaban J connectivity index is 1.36. The minimum atomic E-state index is -0.256. The van der Waals surface area contributed by atoms with Crippen LogP contribution >= 0.6 is 11.6 Å². The van der Waals surface area contributed by atoms with Crippen molar-refractivity contribution in [3.8, 4) is 5.75 Å². The van der Waals surface area contributed by atoms with E-state index in [0.717, 1.165) is 41.8 Å². The molecule has 3 saturated carbocycles. The molecule has 1 atom stereocenters. The number of fused-ring (bicyclic) bond motifs is 1. The van der Waals surface area contributed by atoms with Gasteiger partial charge in [-0.15, -0.1) is 0 Å². The predicted octanol–water partition coefficient (Wildman–Crippen LogP) is 7.14. The zero-order chi connectivity index (χ0) is 23.2. The number of carbonyl (C=O) groups excluding carboxylic acids is 1. The van der Waals surface area contributed by atoms with Crippen LogP contribution in [-0.4, -0.2) is 29.4 Å². The Labute approximate surface area is 202 Å². The van der Waals surface area contributed by atoms with Crippen LogP contribution in [0.25, 0.3) is 10.9 Å². The third-order valence-electron chi connectivity index (χ3n) is 8.23. The smallest absolute Gasteiger partial charge is 0.407 e. The van der Waals surface area contributed by atoms with Gasteiger partial charge in [-0.2, -0.15) is 0 Å². The van der Waals surface area contributed by atoms with Gasteiger partial charge in [-0.3, -0.25) is 0 Å². The maximum Gasteiger partial charge on any atom is 0.407 e. The molecule has 0 radical (unpaired) electrons. The van der Waals surface area contributed by atoms with E-state index in [1.165, 1.54) is 43.3 Å². The number of ether oxygens (including phenoxy) is 2. The maximum absolute atomic E-state index is 12.4. The van der Waals surface area contributed by atoms with Crippen molar-refractivity contribution < 1.29 is 14.3 Å². The number of carbonyl (C=O) groups is 1. The molecule has 0 saturated heterocycles. The van der Waals surface area contributed by atoms with Crippen LogP contribution in [0.5, 0.6) is 5.75 Å². The average molecular weight is 473 g/mol. The first-order valence-corrected chi connectivity index (χ1v) is 13.2. The van der Waals surface area contributed by atoms with E-state index in [4.69, 9.17) is 21.1 Å².